The van der Waals surface area contributed by atoms with Crippen molar-refractivity contribution < 1.29 is 14.7 Å². The second-order valence-electron chi connectivity index (χ2n) is 5.76. The van der Waals surface area contributed by atoms with Gasteiger partial charge in [0.25, 0.3) is 5.91 Å². The molecule has 0 spiro atoms. The van der Waals surface area contributed by atoms with Crippen LogP contribution in [0.4, 0.5) is 0 Å². The molecule has 0 aromatic heterocycles. The van der Waals surface area contributed by atoms with Crippen LogP contribution in [0.3, 0.4) is 0 Å². The number of halogens is 1. The number of phenols is 1. The van der Waals surface area contributed by atoms with Crippen molar-refractivity contribution in [1.29, 1.82) is 0 Å². The molecule has 1 saturated heterocycles. The fourth-order valence-electron chi connectivity index (χ4n) is 2.60. The van der Waals surface area contributed by atoms with E-state index < -0.39 is 5.54 Å². The van der Waals surface area contributed by atoms with Gasteiger partial charge in [0, 0.05) is 26.2 Å². The molecule has 1 aliphatic carbocycles. The van der Waals surface area contributed by atoms with E-state index in [2.05, 4.69) is 0 Å². The number of para-hydroxylation sites is 1. The van der Waals surface area contributed by atoms with Crippen LogP contribution in [0, 0.1) is 0 Å². The molecule has 2 amide bonds. The number of aromatic hydroxyl groups is 1. The highest BCUT2D eigenvalue weighted by molar-refractivity contribution is 5.97. The van der Waals surface area contributed by atoms with Crippen LogP contribution in [0.15, 0.2) is 24.3 Å². The fraction of sp³-hybridized carbons (Fsp3) is 0.467. The summed E-state index contributed by atoms with van der Waals surface area (Å²) in [4.78, 5) is 27.9. The predicted octanol–water partition coefficient (Wildman–Crippen LogP) is 0.590. The minimum atomic E-state index is -0.649. The Morgan fingerprint density at radius 1 is 1.05 bits per heavy atom. The highest BCUT2D eigenvalue weighted by atomic mass is 35.5. The number of hydrogen-bond acceptors (Lipinski definition) is 4. The number of hydrogen-bond donors (Lipinski definition) is 2. The molecule has 120 valence electrons. The van der Waals surface area contributed by atoms with Crippen molar-refractivity contribution >= 4 is 24.2 Å². The summed E-state index contributed by atoms with van der Waals surface area (Å²) in [7, 11) is 0. The minimum Gasteiger partial charge on any atom is -0.507 e. The maximum atomic E-state index is 12.3. The van der Waals surface area contributed by atoms with Crippen molar-refractivity contribution in [2.75, 3.05) is 26.2 Å². The van der Waals surface area contributed by atoms with Crippen LogP contribution in [-0.4, -0.2) is 58.4 Å². The Morgan fingerprint density at radius 3 is 2.14 bits per heavy atom. The summed E-state index contributed by atoms with van der Waals surface area (Å²) in [6.45, 7) is 1.93. The normalized spacial score (nSPS) is 19.3. The second-order valence-corrected chi connectivity index (χ2v) is 5.76. The molecule has 3 rings (SSSR count). The van der Waals surface area contributed by atoms with E-state index in [0.717, 1.165) is 12.8 Å². The van der Waals surface area contributed by atoms with E-state index >= 15 is 0 Å². The van der Waals surface area contributed by atoms with Crippen molar-refractivity contribution in [3.05, 3.63) is 29.8 Å². The average molecular weight is 326 g/mol. The second kappa shape index (κ2) is 6.14. The summed E-state index contributed by atoms with van der Waals surface area (Å²) in [5, 5.41) is 9.74. The van der Waals surface area contributed by atoms with Crippen LogP contribution in [0.2, 0.25) is 0 Å². The van der Waals surface area contributed by atoms with Crippen LogP contribution >= 0.6 is 12.4 Å². The Morgan fingerprint density at radius 2 is 1.59 bits per heavy atom. The number of nitrogens with two attached hydrogens (primary N) is 1. The van der Waals surface area contributed by atoms with E-state index in [-0.39, 0.29) is 30.0 Å². The fourth-order valence-corrected chi connectivity index (χ4v) is 2.60. The topological polar surface area (TPSA) is 86.9 Å². The number of amides is 2. The molecule has 1 heterocycles. The summed E-state index contributed by atoms with van der Waals surface area (Å²) in [6.07, 6.45) is 1.51. The molecule has 1 aliphatic heterocycles. The van der Waals surface area contributed by atoms with Gasteiger partial charge in [-0.3, -0.25) is 9.59 Å². The Bertz CT molecular complexity index is 581. The van der Waals surface area contributed by atoms with Crippen molar-refractivity contribution in [3.8, 4) is 5.75 Å². The Kier molecular flexibility index (Phi) is 4.63. The molecule has 0 unspecified atom stereocenters. The summed E-state index contributed by atoms with van der Waals surface area (Å²) in [6, 6.07) is 6.50. The molecule has 1 saturated carbocycles. The van der Waals surface area contributed by atoms with E-state index in [9.17, 15) is 14.7 Å². The number of piperazine rings is 1. The molecule has 1 aromatic carbocycles. The van der Waals surface area contributed by atoms with Gasteiger partial charge in [0.2, 0.25) is 5.91 Å². The van der Waals surface area contributed by atoms with Crippen molar-refractivity contribution in [3.63, 3.8) is 0 Å². The highest BCUT2D eigenvalue weighted by Crippen LogP contribution is 2.34. The lowest BCUT2D eigenvalue weighted by molar-refractivity contribution is -0.135. The van der Waals surface area contributed by atoms with Gasteiger partial charge < -0.3 is 20.6 Å². The van der Waals surface area contributed by atoms with Gasteiger partial charge in [-0.15, -0.1) is 12.4 Å². The van der Waals surface area contributed by atoms with Gasteiger partial charge in [-0.2, -0.15) is 0 Å². The van der Waals surface area contributed by atoms with Gasteiger partial charge in [0.05, 0.1) is 11.1 Å². The largest absolute Gasteiger partial charge is 0.507 e. The molecular formula is C15H20ClN3O3. The molecular weight excluding hydrogens is 306 g/mol. The van der Waals surface area contributed by atoms with E-state index in [1.165, 1.54) is 6.07 Å². The summed E-state index contributed by atoms with van der Waals surface area (Å²) >= 11 is 0. The van der Waals surface area contributed by atoms with Crippen LogP contribution in [-0.2, 0) is 4.79 Å². The average Bonchev–Trinajstić information content (AvgIpc) is 3.26. The van der Waals surface area contributed by atoms with Gasteiger partial charge in [-0.25, -0.2) is 0 Å². The quantitative estimate of drug-likeness (QED) is 0.833. The van der Waals surface area contributed by atoms with Gasteiger partial charge in [0.15, 0.2) is 0 Å². The number of benzene rings is 1. The van der Waals surface area contributed by atoms with Crippen LogP contribution < -0.4 is 5.73 Å². The Hall–Kier alpha value is -1.79. The Labute approximate surface area is 135 Å². The lowest BCUT2D eigenvalue weighted by atomic mass is 10.1. The number of rotatable bonds is 2. The third-order valence-corrected chi connectivity index (χ3v) is 4.20. The molecule has 3 N–H and O–H groups in total. The molecule has 1 aromatic rings. The van der Waals surface area contributed by atoms with Gasteiger partial charge in [-0.1, -0.05) is 12.1 Å². The van der Waals surface area contributed by atoms with Crippen molar-refractivity contribution in [1.82, 2.24) is 9.80 Å². The minimum absolute atomic E-state index is 0. The first kappa shape index (κ1) is 16.6. The van der Waals surface area contributed by atoms with Gasteiger partial charge >= 0.3 is 0 Å². The zero-order chi connectivity index (χ0) is 15.0. The maximum absolute atomic E-state index is 12.3. The van der Waals surface area contributed by atoms with Crippen LogP contribution in [0.25, 0.3) is 0 Å². The standard InChI is InChI=1S/C15H19N3O3.ClH/c16-15(5-6-15)14(21)18-9-7-17(8-10-18)13(20)11-3-1-2-4-12(11)19;/h1-4,19H,5-10,16H2;1H. The lowest BCUT2D eigenvalue weighted by Crippen LogP contribution is -2.55. The number of phenolic OH excluding ortho intramolecular Hbond substituents is 1. The van der Waals surface area contributed by atoms with Crippen molar-refractivity contribution in [2.24, 2.45) is 5.73 Å². The maximum Gasteiger partial charge on any atom is 0.257 e. The molecule has 0 radical (unpaired) electrons. The van der Waals surface area contributed by atoms with E-state index in [0.29, 0.717) is 31.7 Å². The predicted molar refractivity (Wildman–Crippen MR) is 84.0 cm³/mol. The molecule has 22 heavy (non-hydrogen) atoms. The van der Waals surface area contributed by atoms with Gasteiger partial charge in [-0.05, 0) is 25.0 Å². The third kappa shape index (κ3) is 3.03. The number of nitrogens with zero attached hydrogens (tertiary/aromatic N) is 2. The smallest absolute Gasteiger partial charge is 0.257 e. The summed E-state index contributed by atoms with van der Waals surface area (Å²) < 4.78 is 0. The molecule has 0 atom stereocenters. The SMILES string of the molecule is Cl.NC1(C(=O)N2CCN(C(=O)c3ccccc3O)CC2)CC1. The molecule has 0 bridgehead atoms. The molecule has 7 heteroatoms. The third-order valence-electron chi connectivity index (χ3n) is 4.20. The molecule has 6 nitrogen and oxygen atoms in total. The summed E-state index contributed by atoms with van der Waals surface area (Å²) in [5.74, 6) is -0.217. The van der Waals surface area contributed by atoms with Crippen molar-refractivity contribution in [2.45, 2.75) is 18.4 Å². The first-order valence-corrected chi connectivity index (χ1v) is 7.17. The van der Waals surface area contributed by atoms with E-state index in [1.54, 1.807) is 28.0 Å². The van der Waals surface area contributed by atoms with Crippen LogP contribution in [0.1, 0.15) is 23.2 Å². The lowest BCUT2D eigenvalue weighted by Gasteiger charge is -2.36. The van der Waals surface area contributed by atoms with E-state index in [4.69, 9.17) is 5.73 Å². The Balaban J connectivity index is 0.00000176. The monoisotopic (exact) mass is 325 g/mol. The highest BCUT2D eigenvalue weighted by Gasteiger charge is 2.48. The first-order valence-electron chi connectivity index (χ1n) is 7.17. The molecule has 2 fully saturated rings. The number of carbonyl (C=O) groups excluding carboxylic acids is 2. The zero-order valence-electron chi connectivity index (χ0n) is 12.2. The summed E-state index contributed by atoms with van der Waals surface area (Å²) in [5.41, 5.74) is 5.57. The van der Waals surface area contributed by atoms with Crippen LogP contribution in [0.5, 0.6) is 5.75 Å². The van der Waals surface area contributed by atoms with E-state index in [1.807, 2.05) is 0 Å². The molecule has 2 aliphatic rings. The number of carbonyl (C=O) groups is 2. The zero-order valence-corrected chi connectivity index (χ0v) is 13.0. The first-order chi connectivity index (χ1) is 10.0. The van der Waals surface area contributed by atoms with Gasteiger partial charge in [0.1, 0.15) is 5.75 Å².